The van der Waals surface area contributed by atoms with Crippen molar-refractivity contribution in [2.75, 3.05) is 23.7 Å². The van der Waals surface area contributed by atoms with Crippen molar-refractivity contribution in [3.05, 3.63) is 101 Å². The van der Waals surface area contributed by atoms with Crippen molar-refractivity contribution in [1.29, 1.82) is 0 Å². The van der Waals surface area contributed by atoms with Crippen molar-refractivity contribution < 1.29 is 13.2 Å². The van der Waals surface area contributed by atoms with Crippen molar-refractivity contribution >= 4 is 32.5 Å². The average molecular weight is 460 g/mol. The second-order valence-electron chi connectivity index (χ2n) is 8.39. The number of hydrogen-bond acceptors (Lipinski definition) is 3. The molecule has 1 aliphatic rings. The Hall–Kier alpha value is -3.58. The van der Waals surface area contributed by atoms with Gasteiger partial charge in [-0.05, 0) is 47.4 Å². The molecule has 3 aromatic carbocycles. The fourth-order valence-electron chi connectivity index (χ4n) is 4.63. The van der Waals surface area contributed by atoms with Gasteiger partial charge >= 0.3 is 0 Å². The van der Waals surface area contributed by atoms with E-state index in [1.165, 1.54) is 10.6 Å². The van der Waals surface area contributed by atoms with Crippen LogP contribution in [0.4, 0.5) is 5.69 Å². The maximum Gasteiger partial charge on any atom is 0.251 e. The van der Waals surface area contributed by atoms with E-state index < -0.39 is 10.0 Å². The highest BCUT2D eigenvalue weighted by atomic mass is 32.2. The monoisotopic (exact) mass is 459 g/mol. The van der Waals surface area contributed by atoms with Crippen molar-refractivity contribution in [3.8, 4) is 0 Å². The molecule has 7 heteroatoms. The summed E-state index contributed by atoms with van der Waals surface area (Å²) in [6, 6.07) is 23.5. The number of nitrogens with one attached hydrogen (secondary N) is 2. The van der Waals surface area contributed by atoms with E-state index >= 15 is 0 Å². The molecule has 1 amide bonds. The SMILES string of the molecule is CS(=O)(=O)N1CCc2cc(C(=O)NCC(c3ccccc3)c3c[nH]c4ccccc34)ccc21. The first-order valence-electron chi connectivity index (χ1n) is 10.9. The summed E-state index contributed by atoms with van der Waals surface area (Å²) in [4.78, 5) is 16.4. The number of carbonyl (C=O) groups excluding carboxylic acids is 1. The zero-order chi connectivity index (χ0) is 23.0. The number of anilines is 1. The predicted molar refractivity (Wildman–Crippen MR) is 131 cm³/mol. The molecule has 0 spiro atoms. The number of benzene rings is 3. The highest BCUT2D eigenvalue weighted by Gasteiger charge is 2.27. The Bertz CT molecular complexity index is 1430. The normalized spacial score (nSPS) is 14.3. The summed E-state index contributed by atoms with van der Waals surface area (Å²) in [5, 5.41) is 4.24. The lowest BCUT2D eigenvalue weighted by Crippen LogP contribution is -2.29. The smallest absolute Gasteiger partial charge is 0.251 e. The van der Waals surface area contributed by atoms with Crippen LogP contribution in [-0.4, -0.2) is 38.7 Å². The van der Waals surface area contributed by atoms with Crippen LogP contribution in [0.1, 0.15) is 33.0 Å². The van der Waals surface area contributed by atoms with Gasteiger partial charge in [0.15, 0.2) is 0 Å². The average Bonchev–Trinajstić information content (AvgIpc) is 3.44. The van der Waals surface area contributed by atoms with Gasteiger partial charge in [-0.15, -0.1) is 0 Å². The summed E-state index contributed by atoms with van der Waals surface area (Å²) in [7, 11) is -3.31. The van der Waals surface area contributed by atoms with Crippen LogP contribution in [0.2, 0.25) is 0 Å². The number of H-pyrrole nitrogens is 1. The molecule has 2 N–H and O–H groups in total. The number of sulfonamides is 1. The zero-order valence-corrected chi connectivity index (χ0v) is 19.1. The fourth-order valence-corrected chi connectivity index (χ4v) is 5.59. The molecule has 0 fully saturated rings. The number of para-hydroxylation sites is 1. The van der Waals surface area contributed by atoms with Crippen LogP contribution < -0.4 is 9.62 Å². The zero-order valence-electron chi connectivity index (χ0n) is 18.3. The molecule has 2 heterocycles. The number of aromatic nitrogens is 1. The maximum atomic E-state index is 13.0. The largest absolute Gasteiger partial charge is 0.361 e. The minimum Gasteiger partial charge on any atom is -0.361 e. The van der Waals surface area contributed by atoms with Crippen LogP contribution >= 0.6 is 0 Å². The van der Waals surface area contributed by atoms with Gasteiger partial charge in [0.2, 0.25) is 10.0 Å². The summed E-state index contributed by atoms with van der Waals surface area (Å²) in [5.74, 6) is -0.183. The number of hydrogen-bond donors (Lipinski definition) is 2. The standard InChI is InChI=1S/C26H25N3O3S/c1-33(31,32)29-14-13-19-15-20(11-12-25(19)29)26(30)28-16-22(18-7-3-2-4-8-18)23-17-27-24-10-6-5-9-21(23)24/h2-12,15,17,22,27H,13-14,16H2,1H3,(H,28,30). The van der Waals surface area contributed by atoms with E-state index in [-0.39, 0.29) is 11.8 Å². The van der Waals surface area contributed by atoms with Crippen molar-refractivity contribution in [1.82, 2.24) is 10.3 Å². The molecule has 5 rings (SSSR count). The lowest BCUT2D eigenvalue weighted by molar-refractivity contribution is 0.0952. The highest BCUT2D eigenvalue weighted by molar-refractivity contribution is 7.92. The molecule has 6 nitrogen and oxygen atoms in total. The molecule has 1 atom stereocenters. The van der Waals surface area contributed by atoms with Crippen LogP contribution in [-0.2, 0) is 16.4 Å². The summed E-state index contributed by atoms with van der Waals surface area (Å²) >= 11 is 0. The molecular weight excluding hydrogens is 434 g/mol. The van der Waals surface area contributed by atoms with Crippen LogP contribution in [0.25, 0.3) is 10.9 Å². The van der Waals surface area contributed by atoms with E-state index in [2.05, 4.69) is 28.5 Å². The first-order valence-corrected chi connectivity index (χ1v) is 12.8. The van der Waals surface area contributed by atoms with Gasteiger partial charge in [0.05, 0.1) is 11.9 Å². The Labute approximate surface area is 193 Å². The minimum atomic E-state index is -3.31. The summed E-state index contributed by atoms with van der Waals surface area (Å²) in [6.07, 6.45) is 3.83. The highest BCUT2D eigenvalue weighted by Crippen LogP contribution is 2.32. The third-order valence-corrected chi connectivity index (χ3v) is 7.44. The van der Waals surface area contributed by atoms with Crippen molar-refractivity contribution in [2.45, 2.75) is 12.3 Å². The van der Waals surface area contributed by atoms with Crippen LogP contribution in [0.5, 0.6) is 0 Å². The van der Waals surface area contributed by atoms with Gasteiger partial charge in [-0.25, -0.2) is 8.42 Å². The molecule has 0 saturated carbocycles. The van der Waals surface area contributed by atoms with E-state index in [1.54, 1.807) is 18.2 Å². The summed E-state index contributed by atoms with van der Waals surface area (Å²) < 4.78 is 25.3. The molecule has 1 aliphatic heterocycles. The Morgan fingerprint density at radius 1 is 1.06 bits per heavy atom. The Morgan fingerprint density at radius 3 is 2.61 bits per heavy atom. The van der Waals surface area contributed by atoms with Gasteiger partial charge in [-0.1, -0.05) is 48.5 Å². The molecule has 4 aromatic rings. The van der Waals surface area contributed by atoms with E-state index in [0.29, 0.717) is 30.8 Å². The molecule has 0 bridgehead atoms. The molecule has 168 valence electrons. The lowest BCUT2D eigenvalue weighted by Gasteiger charge is -2.19. The molecule has 33 heavy (non-hydrogen) atoms. The number of fused-ring (bicyclic) bond motifs is 2. The number of nitrogens with zero attached hydrogens (tertiary/aromatic N) is 1. The van der Waals surface area contributed by atoms with E-state index in [0.717, 1.165) is 27.6 Å². The maximum absolute atomic E-state index is 13.0. The fraction of sp³-hybridized carbons (Fsp3) is 0.192. The van der Waals surface area contributed by atoms with Gasteiger partial charge in [0.25, 0.3) is 5.91 Å². The van der Waals surface area contributed by atoms with Crippen molar-refractivity contribution in [3.63, 3.8) is 0 Å². The molecule has 1 aromatic heterocycles. The number of amides is 1. The van der Waals surface area contributed by atoms with Crippen LogP contribution in [0.15, 0.2) is 79.0 Å². The number of carbonyl (C=O) groups is 1. The first kappa shape index (κ1) is 21.3. The Balaban J connectivity index is 1.40. The lowest BCUT2D eigenvalue weighted by atomic mass is 9.91. The predicted octanol–water partition coefficient (Wildman–Crippen LogP) is 4.05. The Morgan fingerprint density at radius 2 is 1.82 bits per heavy atom. The molecule has 0 radical (unpaired) electrons. The van der Waals surface area contributed by atoms with Gasteiger partial charge in [0, 0.05) is 41.7 Å². The quantitative estimate of drug-likeness (QED) is 0.456. The number of aromatic amines is 1. The van der Waals surface area contributed by atoms with E-state index in [4.69, 9.17) is 0 Å². The second kappa shape index (κ2) is 8.41. The number of rotatable bonds is 6. The van der Waals surface area contributed by atoms with Gasteiger partial charge < -0.3 is 10.3 Å². The molecule has 0 saturated heterocycles. The second-order valence-corrected chi connectivity index (χ2v) is 10.3. The molecular formula is C26H25N3O3S. The van der Waals surface area contributed by atoms with Gasteiger partial charge in [-0.3, -0.25) is 9.10 Å². The van der Waals surface area contributed by atoms with Crippen molar-refractivity contribution in [2.24, 2.45) is 0 Å². The summed E-state index contributed by atoms with van der Waals surface area (Å²) in [5.41, 5.74) is 5.40. The van der Waals surface area contributed by atoms with Crippen LogP contribution in [0.3, 0.4) is 0 Å². The third-order valence-electron chi connectivity index (χ3n) is 6.26. The van der Waals surface area contributed by atoms with Gasteiger partial charge in [-0.2, -0.15) is 0 Å². The van der Waals surface area contributed by atoms with Gasteiger partial charge in [0.1, 0.15) is 0 Å². The van der Waals surface area contributed by atoms with E-state index in [9.17, 15) is 13.2 Å². The summed E-state index contributed by atoms with van der Waals surface area (Å²) in [6.45, 7) is 0.854. The van der Waals surface area contributed by atoms with Crippen LogP contribution in [0, 0.1) is 0 Å². The molecule has 1 unspecified atom stereocenters. The first-order chi connectivity index (χ1) is 15.9. The minimum absolute atomic E-state index is 0.0125. The Kier molecular flexibility index (Phi) is 5.42. The third kappa shape index (κ3) is 4.12. The topological polar surface area (TPSA) is 82.3 Å². The molecule has 0 aliphatic carbocycles. The van der Waals surface area contributed by atoms with E-state index in [1.807, 2.05) is 42.6 Å².